The Morgan fingerprint density at radius 2 is 1.81 bits per heavy atom. The lowest BCUT2D eigenvalue weighted by Gasteiger charge is -2.29. The molecule has 1 aliphatic rings. The van der Waals surface area contributed by atoms with Crippen LogP contribution in [0.15, 0.2) is 66.9 Å². The number of hydrogen-bond acceptors (Lipinski definition) is 1. The van der Waals surface area contributed by atoms with Crippen LogP contribution < -0.4 is 5.32 Å². The first-order valence-electron chi connectivity index (χ1n) is 9.63. The molecule has 4 rings (SSSR count). The van der Waals surface area contributed by atoms with E-state index in [-0.39, 0.29) is 12.1 Å². The summed E-state index contributed by atoms with van der Waals surface area (Å²) >= 11 is 0. The SMILES string of the molecule is CCc1ccc(NC(=O)N2Cc3ccccc3-n3cccc3C2CC)cc1. The van der Waals surface area contributed by atoms with Gasteiger partial charge < -0.3 is 14.8 Å². The van der Waals surface area contributed by atoms with Gasteiger partial charge in [-0.3, -0.25) is 0 Å². The Labute approximate surface area is 160 Å². The number of urea groups is 1. The number of nitrogens with zero attached hydrogens (tertiary/aromatic N) is 2. The average Bonchev–Trinajstić information content (AvgIpc) is 3.13. The standard InChI is InChI=1S/C23H25N3O/c1-3-17-11-13-19(14-12-17)24-23(27)26-16-18-8-5-6-9-21(18)25-15-7-10-22(25)20(26)4-2/h5-15,20H,3-4,16H2,1-2H3,(H,24,27). The highest BCUT2D eigenvalue weighted by Crippen LogP contribution is 2.34. The summed E-state index contributed by atoms with van der Waals surface area (Å²) in [7, 11) is 0. The van der Waals surface area contributed by atoms with Gasteiger partial charge in [-0.2, -0.15) is 0 Å². The highest BCUT2D eigenvalue weighted by atomic mass is 16.2. The van der Waals surface area contributed by atoms with E-state index in [1.807, 2.05) is 23.1 Å². The summed E-state index contributed by atoms with van der Waals surface area (Å²) in [4.78, 5) is 15.1. The van der Waals surface area contributed by atoms with Crippen LogP contribution in [0.2, 0.25) is 0 Å². The van der Waals surface area contributed by atoms with Crippen molar-refractivity contribution in [3.63, 3.8) is 0 Å². The van der Waals surface area contributed by atoms with Crippen LogP contribution >= 0.6 is 0 Å². The highest BCUT2D eigenvalue weighted by molar-refractivity contribution is 5.89. The second kappa shape index (κ2) is 7.31. The van der Waals surface area contributed by atoms with E-state index in [1.165, 1.54) is 5.56 Å². The van der Waals surface area contributed by atoms with E-state index in [0.29, 0.717) is 6.54 Å². The molecule has 0 bridgehead atoms. The topological polar surface area (TPSA) is 37.3 Å². The largest absolute Gasteiger partial charge is 0.322 e. The van der Waals surface area contributed by atoms with Crippen LogP contribution in [0.1, 0.15) is 43.1 Å². The van der Waals surface area contributed by atoms with Gasteiger partial charge in [0.1, 0.15) is 0 Å². The zero-order valence-electron chi connectivity index (χ0n) is 15.9. The molecule has 4 nitrogen and oxygen atoms in total. The van der Waals surface area contributed by atoms with E-state index in [9.17, 15) is 4.79 Å². The van der Waals surface area contributed by atoms with Crippen LogP contribution in [0.5, 0.6) is 0 Å². The van der Waals surface area contributed by atoms with E-state index in [4.69, 9.17) is 0 Å². The number of nitrogens with one attached hydrogen (secondary N) is 1. The summed E-state index contributed by atoms with van der Waals surface area (Å²) in [5.41, 5.74) is 5.56. The van der Waals surface area contributed by atoms with Crippen molar-refractivity contribution < 1.29 is 4.79 Å². The van der Waals surface area contributed by atoms with Gasteiger partial charge in [-0.1, -0.05) is 44.2 Å². The summed E-state index contributed by atoms with van der Waals surface area (Å²) in [5, 5.41) is 3.09. The van der Waals surface area contributed by atoms with Gasteiger partial charge in [-0.15, -0.1) is 0 Å². The smallest absolute Gasteiger partial charge is 0.318 e. The number of carbonyl (C=O) groups is 1. The lowest BCUT2D eigenvalue weighted by Crippen LogP contribution is -2.37. The zero-order chi connectivity index (χ0) is 18.8. The average molecular weight is 359 g/mol. The molecule has 138 valence electrons. The van der Waals surface area contributed by atoms with Gasteiger partial charge in [0, 0.05) is 17.6 Å². The van der Waals surface area contributed by atoms with Crippen molar-refractivity contribution in [2.45, 2.75) is 39.3 Å². The minimum absolute atomic E-state index is 0.0299. The summed E-state index contributed by atoms with van der Waals surface area (Å²) in [6.45, 7) is 4.85. The monoisotopic (exact) mass is 359 g/mol. The Morgan fingerprint density at radius 1 is 1.04 bits per heavy atom. The van der Waals surface area contributed by atoms with Crippen molar-refractivity contribution >= 4 is 11.7 Å². The zero-order valence-corrected chi connectivity index (χ0v) is 15.9. The molecule has 1 aliphatic heterocycles. The number of anilines is 1. The van der Waals surface area contributed by atoms with Crippen molar-refractivity contribution in [3.8, 4) is 5.69 Å². The summed E-state index contributed by atoms with van der Waals surface area (Å²) in [5.74, 6) is 0. The molecule has 2 heterocycles. The first-order valence-corrected chi connectivity index (χ1v) is 9.63. The third kappa shape index (κ3) is 3.23. The van der Waals surface area contributed by atoms with E-state index in [2.05, 4.69) is 72.4 Å². The van der Waals surface area contributed by atoms with E-state index in [0.717, 1.165) is 35.5 Å². The molecular formula is C23H25N3O. The predicted octanol–water partition coefficient (Wildman–Crippen LogP) is 5.54. The number of amides is 2. The molecule has 3 aromatic rings. The van der Waals surface area contributed by atoms with Crippen LogP contribution in [-0.4, -0.2) is 15.5 Å². The van der Waals surface area contributed by atoms with Crippen LogP contribution in [0, 0.1) is 0 Å². The van der Waals surface area contributed by atoms with Gasteiger partial charge in [0.25, 0.3) is 0 Å². The molecule has 1 aromatic heterocycles. The van der Waals surface area contributed by atoms with Crippen LogP contribution in [-0.2, 0) is 13.0 Å². The third-order valence-electron chi connectivity index (χ3n) is 5.35. The first kappa shape index (κ1) is 17.4. The van der Waals surface area contributed by atoms with Crippen LogP contribution in [0.4, 0.5) is 10.5 Å². The van der Waals surface area contributed by atoms with Crippen molar-refractivity contribution in [2.75, 3.05) is 5.32 Å². The highest BCUT2D eigenvalue weighted by Gasteiger charge is 2.30. The van der Waals surface area contributed by atoms with Crippen molar-refractivity contribution in [1.82, 2.24) is 9.47 Å². The lowest BCUT2D eigenvalue weighted by atomic mass is 10.1. The number of benzene rings is 2. The Morgan fingerprint density at radius 3 is 2.56 bits per heavy atom. The van der Waals surface area contributed by atoms with E-state index >= 15 is 0 Å². The number of aromatic nitrogens is 1. The molecule has 2 amide bonds. The second-order valence-electron chi connectivity index (χ2n) is 6.96. The molecule has 0 aliphatic carbocycles. The van der Waals surface area contributed by atoms with Crippen LogP contribution in [0.3, 0.4) is 0 Å². The fraction of sp³-hybridized carbons (Fsp3) is 0.261. The summed E-state index contributed by atoms with van der Waals surface area (Å²) in [6, 6.07) is 20.5. The molecule has 2 aromatic carbocycles. The molecule has 1 N–H and O–H groups in total. The molecule has 0 saturated carbocycles. The Kier molecular flexibility index (Phi) is 4.71. The van der Waals surface area contributed by atoms with E-state index in [1.54, 1.807) is 0 Å². The molecule has 0 fully saturated rings. The fourth-order valence-electron chi connectivity index (χ4n) is 3.88. The number of aryl methyl sites for hydroxylation is 1. The Hall–Kier alpha value is -3.01. The lowest BCUT2D eigenvalue weighted by molar-refractivity contribution is 0.181. The molecular weight excluding hydrogens is 334 g/mol. The van der Waals surface area contributed by atoms with E-state index < -0.39 is 0 Å². The number of hydrogen-bond donors (Lipinski definition) is 1. The maximum Gasteiger partial charge on any atom is 0.322 e. The summed E-state index contributed by atoms with van der Waals surface area (Å²) in [6.07, 6.45) is 3.94. The van der Waals surface area contributed by atoms with Crippen molar-refractivity contribution in [3.05, 3.63) is 83.7 Å². The Balaban J connectivity index is 1.68. The molecule has 0 saturated heterocycles. The number of rotatable bonds is 3. The number of fused-ring (bicyclic) bond motifs is 3. The third-order valence-corrected chi connectivity index (χ3v) is 5.35. The normalized spacial score (nSPS) is 15.6. The Bertz CT molecular complexity index is 942. The second-order valence-corrected chi connectivity index (χ2v) is 6.96. The minimum Gasteiger partial charge on any atom is -0.318 e. The predicted molar refractivity (Wildman–Crippen MR) is 109 cm³/mol. The molecule has 27 heavy (non-hydrogen) atoms. The summed E-state index contributed by atoms with van der Waals surface area (Å²) < 4.78 is 2.22. The molecule has 0 radical (unpaired) electrons. The minimum atomic E-state index is -0.0597. The quantitative estimate of drug-likeness (QED) is 0.655. The van der Waals surface area contributed by atoms with Crippen molar-refractivity contribution in [1.29, 1.82) is 0 Å². The van der Waals surface area contributed by atoms with Crippen molar-refractivity contribution in [2.24, 2.45) is 0 Å². The molecule has 1 atom stereocenters. The molecule has 1 unspecified atom stereocenters. The fourth-order valence-corrected chi connectivity index (χ4v) is 3.88. The van der Waals surface area contributed by atoms with Gasteiger partial charge in [0.2, 0.25) is 0 Å². The number of carbonyl (C=O) groups excluding carboxylic acids is 1. The van der Waals surface area contributed by atoms with Gasteiger partial charge in [-0.05, 0) is 54.3 Å². The maximum atomic E-state index is 13.2. The number of para-hydroxylation sites is 1. The van der Waals surface area contributed by atoms with Gasteiger partial charge in [0.15, 0.2) is 0 Å². The maximum absolute atomic E-state index is 13.2. The first-order chi connectivity index (χ1) is 13.2. The molecule has 4 heteroatoms. The van der Waals surface area contributed by atoms with Crippen LogP contribution in [0.25, 0.3) is 5.69 Å². The van der Waals surface area contributed by atoms with Gasteiger partial charge in [-0.25, -0.2) is 4.79 Å². The van der Waals surface area contributed by atoms with Gasteiger partial charge in [0.05, 0.1) is 18.3 Å². The van der Waals surface area contributed by atoms with Gasteiger partial charge >= 0.3 is 6.03 Å². The molecule has 0 spiro atoms.